The highest BCUT2D eigenvalue weighted by Crippen LogP contribution is 2.26. The molecule has 2 N–H and O–H groups in total. The van der Waals surface area contributed by atoms with E-state index in [1.807, 2.05) is 4.98 Å². The van der Waals surface area contributed by atoms with Gasteiger partial charge in [0.25, 0.3) is 5.56 Å². The molecule has 0 bridgehead atoms. The SMILES string of the molecule is Cc1cn([C@@H](F)[C@H](O)[C@@H]2OC(C)(C)OCC2=O)c(=O)[nH]c1=O. The molecule has 1 aromatic rings. The normalized spacial score (nSPS) is 24.0. The number of hydrogen-bond acceptors (Lipinski definition) is 6. The van der Waals surface area contributed by atoms with Crippen LogP contribution in [0.3, 0.4) is 0 Å². The lowest BCUT2D eigenvalue weighted by molar-refractivity contribution is -0.276. The molecule has 0 aromatic carbocycles. The second-order valence-electron chi connectivity index (χ2n) is 5.54. The Bertz CT molecular complexity index is 695. The number of Topliss-reactive ketones (excluding diaryl/α,β-unsaturated/α-hetero) is 1. The third-order valence-electron chi connectivity index (χ3n) is 3.29. The lowest BCUT2D eigenvalue weighted by Gasteiger charge is -2.37. The molecule has 9 heteroatoms. The number of aliphatic hydroxyl groups excluding tert-OH is 1. The highest BCUT2D eigenvalue weighted by Gasteiger charge is 2.43. The van der Waals surface area contributed by atoms with Crippen LogP contribution in [-0.2, 0) is 14.3 Å². The number of hydrogen-bond donors (Lipinski definition) is 2. The Hall–Kier alpha value is -1.84. The number of aromatic amines is 1. The van der Waals surface area contributed by atoms with Crippen molar-refractivity contribution in [2.24, 2.45) is 0 Å². The van der Waals surface area contributed by atoms with Gasteiger partial charge >= 0.3 is 5.69 Å². The fraction of sp³-hybridized carbons (Fsp3) is 0.615. The van der Waals surface area contributed by atoms with E-state index in [1.165, 1.54) is 20.8 Å². The molecule has 1 aromatic heterocycles. The summed E-state index contributed by atoms with van der Waals surface area (Å²) in [6, 6.07) is 0. The van der Waals surface area contributed by atoms with Gasteiger partial charge in [-0.15, -0.1) is 0 Å². The molecular weight excluding hydrogens is 299 g/mol. The number of aromatic nitrogens is 2. The maximum absolute atomic E-state index is 14.4. The van der Waals surface area contributed by atoms with Crippen molar-refractivity contribution in [1.82, 2.24) is 9.55 Å². The molecule has 22 heavy (non-hydrogen) atoms. The largest absolute Gasteiger partial charge is 0.385 e. The van der Waals surface area contributed by atoms with Crippen molar-refractivity contribution in [1.29, 1.82) is 0 Å². The molecule has 0 saturated carbocycles. The van der Waals surface area contributed by atoms with Gasteiger partial charge in [-0.1, -0.05) is 0 Å². The Balaban J connectivity index is 2.31. The second-order valence-corrected chi connectivity index (χ2v) is 5.54. The van der Waals surface area contributed by atoms with Crippen molar-refractivity contribution in [2.45, 2.75) is 45.1 Å². The predicted molar refractivity (Wildman–Crippen MR) is 72.1 cm³/mol. The van der Waals surface area contributed by atoms with Crippen LogP contribution in [0.25, 0.3) is 0 Å². The van der Waals surface area contributed by atoms with Gasteiger partial charge in [0.1, 0.15) is 12.7 Å². The van der Waals surface area contributed by atoms with Gasteiger partial charge in [0.2, 0.25) is 6.30 Å². The molecule has 1 saturated heterocycles. The number of rotatable bonds is 3. The lowest BCUT2D eigenvalue weighted by atomic mass is 10.1. The number of H-pyrrole nitrogens is 1. The van der Waals surface area contributed by atoms with Gasteiger partial charge in [-0.2, -0.15) is 0 Å². The predicted octanol–water partition coefficient (Wildman–Crippen LogP) is -0.605. The van der Waals surface area contributed by atoms with Crippen LogP contribution in [0.5, 0.6) is 0 Å². The first kappa shape index (κ1) is 16.5. The molecular formula is C13H17FN2O6. The number of carbonyl (C=O) groups is 1. The van der Waals surface area contributed by atoms with Gasteiger partial charge in [-0.05, 0) is 20.8 Å². The molecule has 0 amide bonds. The molecule has 3 atom stereocenters. The molecule has 0 aliphatic carbocycles. The number of alkyl halides is 1. The highest BCUT2D eigenvalue weighted by molar-refractivity contribution is 5.85. The van der Waals surface area contributed by atoms with Crippen LogP contribution < -0.4 is 11.2 Å². The third-order valence-corrected chi connectivity index (χ3v) is 3.29. The van der Waals surface area contributed by atoms with Crippen LogP contribution in [0.4, 0.5) is 4.39 Å². The van der Waals surface area contributed by atoms with Crippen molar-refractivity contribution in [3.8, 4) is 0 Å². The Morgan fingerprint density at radius 3 is 2.73 bits per heavy atom. The number of nitrogens with one attached hydrogen (secondary N) is 1. The second kappa shape index (κ2) is 5.75. The summed E-state index contributed by atoms with van der Waals surface area (Å²) in [4.78, 5) is 36.6. The van der Waals surface area contributed by atoms with E-state index in [4.69, 9.17) is 9.47 Å². The van der Waals surface area contributed by atoms with Gasteiger partial charge < -0.3 is 14.6 Å². The number of aliphatic hydroxyl groups is 1. The van der Waals surface area contributed by atoms with Gasteiger partial charge in [-0.25, -0.2) is 9.18 Å². The van der Waals surface area contributed by atoms with Crippen LogP contribution in [0.1, 0.15) is 25.7 Å². The van der Waals surface area contributed by atoms with Crippen LogP contribution in [0, 0.1) is 6.92 Å². The molecule has 1 aliphatic rings. The monoisotopic (exact) mass is 316 g/mol. The lowest BCUT2D eigenvalue weighted by Crippen LogP contribution is -2.53. The van der Waals surface area contributed by atoms with Crippen molar-refractivity contribution >= 4 is 5.78 Å². The summed E-state index contributed by atoms with van der Waals surface area (Å²) in [5.41, 5.74) is -1.59. The maximum Gasteiger partial charge on any atom is 0.330 e. The summed E-state index contributed by atoms with van der Waals surface area (Å²) in [7, 11) is 0. The van der Waals surface area contributed by atoms with Crippen LogP contribution in [0.2, 0.25) is 0 Å². The molecule has 0 unspecified atom stereocenters. The zero-order valence-corrected chi connectivity index (χ0v) is 12.3. The van der Waals surface area contributed by atoms with E-state index in [0.29, 0.717) is 4.57 Å². The first-order chi connectivity index (χ1) is 10.1. The van der Waals surface area contributed by atoms with Crippen molar-refractivity contribution in [2.75, 3.05) is 6.61 Å². The van der Waals surface area contributed by atoms with E-state index in [2.05, 4.69) is 0 Å². The molecule has 8 nitrogen and oxygen atoms in total. The minimum atomic E-state index is -2.26. The highest BCUT2D eigenvalue weighted by atomic mass is 19.1. The van der Waals surface area contributed by atoms with E-state index in [-0.39, 0.29) is 12.2 Å². The summed E-state index contributed by atoms with van der Waals surface area (Å²) in [5, 5.41) is 10.1. The Morgan fingerprint density at radius 2 is 2.09 bits per heavy atom. The minimum Gasteiger partial charge on any atom is -0.385 e. The van der Waals surface area contributed by atoms with E-state index < -0.39 is 41.3 Å². The first-order valence-electron chi connectivity index (χ1n) is 6.61. The number of nitrogens with zero attached hydrogens (tertiary/aromatic N) is 1. The molecule has 0 radical (unpaired) electrons. The van der Waals surface area contributed by atoms with E-state index in [0.717, 1.165) is 6.20 Å². The quantitative estimate of drug-likeness (QED) is 0.770. The average Bonchev–Trinajstić information content (AvgIpc) is 2.44. The summed E-state index contributed by atoms with van der Waals surface area (Å²) >= 11 is 0. The van der Waals surface area contributed by atoms with Crippen molar-refractivity contribution in [3.63, 3.8) is 0 Å². The smallest absolute Gasteiger partial charge is 0.330 e. The topological polar surface area (TPSA) is 111 Å². The maximum atomic E-state index is 14.4. The molecule has 122 valence electrons. The van der Waals surface area contributed by atoms with Gasteiger partial charge in [-0.3, -0.25) is 19.1 Å². The zero-order valence-electron chi connectivity index (χ0n) is 12.3. The Morgan fingerprint density at radius 1 is 1.45 bits per heavy atom. The number of ketones is 1. The van der Waals surface area contributed by atoms with Gasteiger partial charge in [0.05, 0.1) is 0 Å². The molecule has 1 aliphatic heterocycles. The van der Waals surface area contributed by atoms with Crippen LogP contribution in [0.15, 0.2) is 15.8 Å². The van der Waals surface area contributed by atoms with Crippen LogP contribution >= 0.6 is 0 Å². The summed E-state index contributed by atoms with van der Waals surface area (Å²) in [5.74, 6) is -1.80. The molecule has 1 fully saturated rings. The average molecular weight is 316 g/mol. The minimum absolute atomic E-state index is 0.0917. The van der Waals surface area contributed by atoms with Gasteiger partial charge in [0, 0.05) is 11.8 Å². The number of aryl methyl sites for hydroxylation is 1. The zero-order chi connectivity index (χ0) is 16.7. The summed E-state index contributed by atoms with van der Waals surface area (Å²) in [6.07, 6.45) is -4.67. The van der Waals surface area contributed by atoms with E-state index in [1.54, 1.807) is 0 Å². The molecule has 0 spiro atoms. The van der Waals surface area contributed by atoms with Gasteiger partial charge in [0.15, 0.2) is 17.7 Å². The third kappa shape index (κ3) is 3.16. The van der Waals surface area contributed by atoms with Crippen molar-refractivity contribution < 1.29 is 23.8 Å². The van der Waals surface area contributed by atoms with E-state index >= 15 is 0 Å². The Labute approximate surface area is 124 Å². The fourth-order valence-electron chi connectivity index (χ4n) is 2.07. The summed E-state index contributed by atoms with van der Waals surface area (Å²) in [6.45, 7) is 4.08. The molecule has 2 rings (SSSR count). The number of carbonyl (C=O) groups excluding carboxylic acids is 1. The Kier molecular flexibility index (Phi) is 4.32. The van der Waals surface area contributed by atoms with E-state index in [9.17, 15) is 23.9 Å². The standard InChI is InChI=1S/C13H17FN2O6/c1-6-4-16(12(20)15-11(6)19)10(14)8(18)9-7(17)5-21-13(2,3)22-9/h4,8-10,18H,5H2,1-3H3,(H,15,19,20)/t8-,9-,10-/m1/s1. The number of ether oxygens (including phenoxy) is 2. The first-order valence-corrected chi connectivity index (χ1v) is 6.61. The summed E-state index contributed by atoms with van der Waals surface area (Å²) < 4.78 is 25.3. The fourth-order valence-corrected chi connectivity index (χ4v) is 2.07. The van der Waals surface area contributed by atoms with Crippen molar-refractivity contribution in [3.05, 3.63) is 32.6 Å². The molecule has 2 heterocycles. The van der Waals surface area contributed by atoms with Crippen LogP contribution in [-0.4, -0.2) is 45.0 Å². The number of halogens is 1.